The highest BCUT2D eigenvalue weighted by Crippen LogP contribution is 2.37. The van der Waals surface area contributed by atoms with Crippen LogP contribution in [-0.2, 0) is 0 Å². The summed E-state index contributed by atoms with van der Waals surface area (Å²) in [5.41, 5.74) is 1.14. The molecule has 14 heavy (non-hydrogen) atoms. The Morgan fingerprint density at radius 1 is 1.36 bits per heavy atom. The lowest BCUT2D eigenvalue weighted by atomic mass is 10.1. The largest absolute Gasteiger partial charge is 0.343 e. The topological polar surface area (TPSA) is 29.1 Å². The number of amides is 1. The molecule has 1 heterocycles. The van der Waals surface area contributed by atoms with Crippen LogP contribution in [0.5, 0.6) is 0 Å². The van der Waals surface area contributed by atoms with Gasteiger partial charge in [-0.3, -0.25) is 4.79 Å². The number of carbonyl (C=O) groups excluding carboxylic acids is 1. The van der Waals surface area contributed by atoms with Crippen molar-refractivity contribution in [1.29, 1.82) is 0 Å². The molecule has 1 amide bonds. The Hall–Kier alpha value is -0.670. The molecule has 2 atom stereocenters. The normalized spacial score (nSPS) is 26.3. The molecule has 1 aromatic rings. The van der Waals surface area contributed by atoms with Gasteiger partial charge in [0.25, 0.3) is 5.24 Å². The quantitative estimate of drug-likeness (QED) is 0.798. The predicted octanol–water partition coefficient (Wildman–Crippen LogP) is 3.23. The molecule has 0 saturated carbocycles. The first kappa shape index (κ1) is 9.87. The lowest BCUT2D eigenvalue weighted by Crippen LogP contribution is -2.23. The Balaban J connectivity index is 2.23. The fraction of sp³-hybridized carbons (Fsp3) is 0.300. The highest BCUT2D eigenvalue weighted by molar-refractivity contribution is 8.14. The maximum absolute atomic E-state index is 11.1. The molecule has 1 aliphatic rings. The van der Waals surface area contributed by atoms with Gasteiger partial charge in [0.2, 0.25) is 0 Å². The summed E-state index contributed by atoms with van der Waals surface area (Å²) in [7, 11) is 0. The SMILES string of the molecule is C[C@@H]1NC(=O)S[C@@H]1c1ccc(Cl)cc1. The summed E-state index contributed by atoms with van der Waals surface area (Å²) >= 11 is 7.13. The van der Waals surface area contributed by atoms with E-state index in [-0.39, 0.29) is 16.5 Å². The van der Waals surface area contributed by atoms with Crippen LogP contribution < -0.4 is 5.32 Å². The molecule has 0 bridgehead atoms. The number of nitrogens with one attached hydrogen (secondary N) is 1. The average Bonchev–Trinajstić information content (AvgIpc) is 2.47. The van der Waals surface area contributed by atoms with Crippen LogP contribution in [0.1, 0.15) is 17.7 Å². The first-order chi connectivity index (χ1) is 6.66. The maximum atomic E-state index is 11.1. The van der Waals surface area contributed by atoms with Gasteiger partial charge in [-0.05, 0) is 24.6 Å². The van der Waals surface area contributed by atoms with Gasteiger partial charge < -0.3 is 5.32 Å². The van der Waals surface area contributed by atoms with Gasteiger partial charge in [-0.15, -0.1) is 0 Å². The van der Waals surface area contributed by atoms with Gasteiger partial charge in [-0.1, -0.05) is 35.5 Å². The van der Waals surface area contributed by atoms with Crippen molar-refractivity contribution in [2.75, 3.05) is 0 Å². The van der Waals surface area contributed by atoms with Crippen LogP contribution in [0.2, 0.25) is 5.02 Å². The number of carbonyl (C=O) groups is 1. The molecule has 1 aromatic carbocycles. The van der Waals surface area contributed by atoms with E-state index >= 15 is 0 Å². The highest BCUT2D eigenvalue weighted by atomic mass is 35.5. The molecule has 0 spiro atoms. The van der Waals surface area contributed by atoms with Crippen LogP contribution in [0.15, 0.2) is 24.3 Å². The minimum Gasteiger partial charge on any atom is -0.343 e. The lowest BCUT2D eigenvalue weighted by molar-refractivity contribution is 0.260. The zero-order valence-electron chi connectivity index (χ0n) is 7.66. The number of thioether (sulfide) groups is 1. The van der Waals surface area contributed by atoms with Crippen molar-refractivity contribution in [2.45, 2.75) is 18.2 Å². The van der Waals surface area contributed by atoms with Crippen LogP contribution in [0.3, 0.4) is 0 Å². The molecule has 0 radical (unpaired) electrons. The zero-order valence-corrected chi connectivity index (χ0v) is 9.23. The Morgan fingerprint density at radius 3 is 2.50 bits per heavy atom. The summed E-state index contributed by atoms with van der Waals surface area (Å²) in [5.74, 6) is 0. The molecular formula is C10H10ClNOS. The number of halogens is 1. The number of rotatable bonds is 1. The van der Waals surface area contributed by atoms with Gasteiger partial charge >= 0.3 is 0 Å². The average molecular weight is 228 g/mol. The molecule has 1 aliphatic heterocycles. The molecule has 2 nitrogen and oxygen atoms in total. The van der Waals surface area contributed by atoms with E-state index in [2.05, 4.69) is 5.32 Å². The summed E-state index contributed by atoms with van der Waals surface area (Å²) in [5, 5.41) is 3.86. The van der Waals surface area contributed by atoms with Crippen molar-refractivity contribution >= 4 is 28.6 Å². The van der Waals surface area contributed by atoms with Gasteiger partial charge in [-0.25, -0.2) is 0 Å². The van der Waals surface area contributed by atoms with Crippen LogP contribution in [0.25, 0.3) is 0 Å². The predicted molar refractivity (Wildman–Crippen MR) is 59.8 cm³/mol. The number of benzene rings is 1. The van der Waals surface area contributed by atoms with E-state index in [4.69, 9.17) is 11.6 Å². The molecule has 1 fully saturated rings. The Labute approximate surface area is 92.0 Å². The van der Waals surface area contributed by atoms with E-state index in [1.165, 1.54) is 11.8 Å². The van der Waals surface area contributed by atoms with Gasteiger partial charge in [0.05, 0.1) is 5.25 Å². The van der Waals surface area contributed by atoms with Crippen molar-refractivity contribution in [3.8, 4) is 0 Å². The molecule has 0 unspecified atom stereocenters. The monoisotopic (exact) mass is 227 g/mol. The molecule has 1 N–H and O–H groups in total. The molecule has 1 saturated heterocycles. The van der Waals surface area contributed by atoms with Crippen molar-refractivity contribution in [2.24, 2.45) is 0 Å². The minimum atomic E-state index is 0.0532. The van der Waals surface area contributed by atoms with Crippen molar-refractivity contribution in [3.05, 3.63) is 34.9 Å². The first-order valence-electron chi connectivity index (χ1n) is 4.39. The highest BCUT2D eigenvalue weighted by Gasteiger charge is 2.30. The van der Waals surface area contributed by atoms with Crippen LogP contribution >= 0.6 is 23.4 Å². The van der Waals surface area contributed by atoms with Crippen molar-refractivity contribution in [3.63, 3.8) is 0 Å². The third kappa shape index (κ3) is 1.88. The summed E-state index contributed by atoms with van der Waals surface area (Å²) in [6.45, 7) is 2.01. The summed E-state index contributed by atoms with van der Waals surface area (Å²) < 4.78 is 0. The van der Waals surface area contributed by atoms with Crippen LogP contribution in [-0.4, -0.2) is 11.3 Å². The van der Waals surface area contributed by atoms with Crippen LogP contribution in [0.4, 0.5) is 4.79 Å². The van der Waals surface area contributed by atoms with Crippen molar-refractivity contribution in [1.82, 2.24) is 5.32 Å². The lowest BCUT2D eigenvalue weighted by Gasteiger charge is -2.12. The maximum Gasteiger partial charge on any atom is 0.279 e. The smallest absolute Gasteiger partial charge is 0.279 e. The standard InChI is InChI=1S/C10H10ClNOS/c1-6-9(14-10(13)12-6)7-2-4-8(11)5-3-7/h2-6,9H,1H3,(H,12,13)/t6-,9-/m0/s1. The second-order valence-electron chi connectivity index (χ2n) is 3.31. The second-order valence-corrected chi connectivity index (χ2v) is 4.86. The van der Waals surface area contributed by atoms with E-state index in [9.17, 15) is 4.79 Å². The number of hydrogen-bond donors (Lipinski definition) is 1. The molecule has 2 rings (SSSR count). The van der Waals surface area contributed by atoms with E-state index in [1.54, 1.807) is 0 Å². The van der Waals surface area contributed by atoms with E-state index < -0.39 is 0 Å². The fourth-order valence-electron chi connectivity index (χ4n) is 1.52. The second kappa shape index (κ2) is 3.83. The van der Waals surface area contributed by atoms with Gasteiger partial charge in [0.15, 0.2) is 0 Å². The fourth-order valence-corrected chi connectivity index (χ4v) is 2.70. The Kier molecular flexibility index (Phi) is 2.70. The van der Waals surface area contributed by atoms with Gasteiger partial charge in [0, 0.05) is 11.1 Å². The number of hydrogen-bond acceptors (Lipinski definition) is 2. The van der Waals surface area contributed by atoms with Gasteiger partial charge in [-0.2, -0.15) is 0 Å². The zero-order chi connectivity index (χ0) is 10.1. The Bertz CT molecular complexity index is 352. The van der Waals surface area contributed by atoms with Crippen molar-refractivity contribution < 1.29 is 4.79 Å². The molecule has 74 valence electrons. The van der Waals surface area contributed by atoms with E-state index in [1.807, 2.05) is 31.2 Å². The summed E-state index contributed by atoms with van der Waals surface area (Å²) in [6, 6.07) is 7.83. The van der Waals surface area contributed by atoms with E-state index in [0.29, 0.717) is 0 Å². The molecular weight excluding hydrogens is 218 g/mol. The molecule has 0 aromatic heterocycles. The van der Waals surface area contributed by atoms with Crippen LogP contribution in [0, 0.1) is 0 Å². The third-order valence-corrected chi connectivity index (χ3v) is 3.75. The van der Waals surface area contributed by atoms with Gasteiger partial charge in [0.1, 0.15) is 0 Å². The molecule has 4 heteroatoms. The summed E-state index contributed by atoms with van der Waals surface area (Å²) in [6.07, 6.45) is 0. The first-order valence-corrected chi connectivity index (χ1v) is 5.65. The Morgan fingerprint density at radius 2 is 2.00 bits per heavy atom. The summed E-state index contributed by atoms with van der Waals surface area (Å²) in [4.78, 5) is 11.1. The molecule has 0 aliphatic carbocycles. The van der Waals surface area contributed by atoms with E-state index in [0.717, 1.165) is 10.6 Å². The third-order valence-electron chi connectivity index (χ3n) is 2.23. The minimum absolute atomic E-state index is 0.0532.